The monoisotopic (exact) mass is 294 g/mol. The summed E-state index contributed by atoms with van der Waals surface area (Å²) in [6, 6.07) is 4.99. The van der Waals surface area contributed by atoms with Crippen LogP contribution in [0.5, 0.6) is 0 Å². The topological polar surface area (TPSA) is 45.8 Å². The van der Waals surface area contributed by atoms with Crippen molar-refractivity contribution in [3.8, 4) is 6.07 Å². The number of hydrogen-bond donors (Lipinski definition) is 0. The molecule has 6 heteroatoms. The minimum absolute atomic E-state index is 0.0489. The standard InChI is InChI=1S/C15H13F3N2O/c1-8-6-12-13(20(8)9(2)10(3)21)5-4-11(7-19)14(12)15(16,17)18/h4-6,9H,1-3H3. The number of fused-ring (bicyclic) bond motifs is 1. The lowest BCUT2D eigenvalue weighted by Gasteiger charge is -2.15. The second-order valence-corrected chi connectivity index (χ2v) is 4.97. The van der Waals surface area contributed by atoms with Crippen molar-refractivity contribution < 1.29 is 18.0 Å². The number of benzene rings is 1. The molecule has 0 aliphatic rings. The van der Waals surface area contributed by atoms with Crippen LogP contribution in [0.15, 0.2) is 18.2 Å². The fourth-order valence-electron chi connectivity index (χ4n) is 2.53. The van der Waals surface area contributed by atoms with Gasteiger partial charge in [0.25, 0.3) is 0 Å². The Labute approximate surface area is 119 Å². The summed E-state index contributed by atoms with van der Waals surface area (Å²) >= 11 is 0. The zero-order valence-corrected chi connectivity index (χ0v) is 11.7. The molecule has 0 amide bonds. The maximum Gasteiger partial charge on any atom is 0.418 e. The SMILES string of the molecule is CC(=O)C(C)n1c(C)cc2c(C(F)(F)F)c(C#N)ccc21. The summed E-state index contributed by atoms with van der Waals surface area (Å²) < 4.78 is 41.3. The van der Waals surface area contributed by atoms with Crippen LogP contribution < -0.4 is 0 Å². The van der Waals surface area contributed by atoms with Gasteiger partial charge in [-0.05, 0) is 39.0 Å². The molecule has 0 aliphatic carbocycles. The maximum atomic E-state index is 13.2. The number of halogens is 3. The number of Topliss-reactive ketones (excluding diaryl/α,β-unsaturated/α-hetero) is 1. The summed E-state index contributed by atoms with van der Waals surface area (Å²) in [4.78, 5) is 11.5. The van der Waals surface area contributed by atoms with Crippen LogP contribution in [0.3, 0.4) is 0 Å². The molecule has 1 aromatic heterocycles. The van der Waals surface area contributed by atoms with Crippen molar-refractivity contribution in [2.24, 2.45) is 0 Å². The predicted octanol–water partition coefficient (Wildman–Crippen LogP) is 3.99. The molecule has 0 aliphatic heterocycles. The number of hydrogen-bond acceptors (Lipinski definition) is 2. The highest BCUT2D eigenvalue weighted by atomic mass is 19.4. The zero-order chi connectivity index (χ0) is 15.9. The largest absolute Gasteiger partial charge is 0.418 e. The normalized spacial score (nSPS) is 13.2. The fourth-order valence-corrected chi connectivity index (χ4v) is 2.53. The molecule has 0 N–H and O–H groups in total. The van der Waals surface area contributed by atoms with Gasteiger partial charge in [-0.3, -0.25) is 4.79 Å². The van der Waals surface area contributed by atoms with E-state index >= 15 is 0 Å². The summed E-state index contributed by atoms with van der Waals surface area (Å²) in [6.45, 7) is 4.68. The van der Waals surface area contributed by atoms with Crippen molar-refractivity contribution in [3.63, 3.8) is 0 Å². The molecule has 1 aromatic carbocycles. The quantitative estimate of drug-likeness (QED) is 0.840. The van der Waals surface area contributed by atoms with E-state index in [-0.39, 0.29) is 11.2 Å². The molecule has 0 saturated carbocycles. The second-order valence-electron chi connectivity index (χ2n) is 4.97. The van der Waals surface area contributed by atoms with E-state index in [9.17, 15) is 18.0 Å². The molecule has 2 aromatic rings. The van der Waals surface area contributed by atoms with E-state index < -0.39 is 23.3 Å². The minimum Gasteiger partial charge on any atom is -0.335 e. The smallest absolute Gasteiger partial charge is 0.335 e. The predicted molar refractivity (Wildman–Crippen MR) is 71.8 cm³/mol. The molecular weight excluding hydrogens is 281 g/mol. The van der Waals surface area contributed by atoms with Gasteiger partial charge in [0.2, 0.25) is 0 Å². The summed E-state index contributed by atoms with van der Waals surface area (Å²) in [6.07, 6.45) is -4.62. The first-order valence-corrected chi connectivity index (χ1v) is 6.30. The average Bonchev–Trinajstić information content (AvgIpc) is 2.70. The van der Waals surface area contributed by atoms with E-state index in [0.29, 0.717) is 11.2 Å². The first kappa shape index (κ1) is 15.1. The van der Waals surface area contributed by atoms with Gasteiger partial charge >= 0.3 is 6.18 Å². The van der Waals surface area contributed by atoms with Crippen LogP contribution in [0, 0.1) is 18.3 Å². The van der Waals surface area contributed by atoms with Crippen LogP contribution in [0.4, 0.5) is 13.2 Å². The number of nitriles is 1. The maximum absolute atomic E-state index is 13.2. The van der Waals surface area contributed by atoms with E-state index in [1.54, 1.807) is 24.5 Å². The summed E-state index contributed by atoms with van der Waals surface area (Å²) in [5.74, 6) is -0.145. The Kier molecular flexibility index (Phi) is 3.54. The first-order chi connectivity index (χ1) is 9.68. The molecular formula is C15H13F3N2O. The Morgan fingerprint density at radius 2 is 2.00 bits per heavy atom. The first-order valence-electron chi connectivity index (χ1n) is 6.30. The third-order valence-electron chi connectivity index (χ3n) is 3.59. The van der Waals surface area contributed by atoms with Crippen LogP contribution in [-0.4, -0.2) is 10.4 Å². The number of aryl methyl sites for hydroxylation is 1. The molecule has 0 saturated heterocycles. The van der Waals surface area contributed by atoms with Gasteiger partial charge in [0.05, 0.1) is 23.2 Å². The molecule has 2 rings (SSSR count). The van der Waals surface area contributed by atoms with Gasteiger partial charge in [-0.15, -0.1) is 0 Å². The lowest BCUT2D eigenvalue weighted by molar-refractivity contribution is -0.136. The van der Waals surface area contributed by atoms with Crippen LogP contribution in [0.1, 0.15) is 36.7 Å². The summed E-state index contributed by atoms with van der Waals surface area (Å²) in [5, 5.41) is 8.85. The number of aromatic nitrogens is 1. The molecule has 0 radical (unpaired) electrons. The van der Waals surface area contributed by atoms with Crippen LogP contribution in [0.2, 0.25) is 0 Å². The van der Waals surface area contributed by atoms with Crippen molar-refractivity contribution in [1.82, 2.24) is 4.57 Å². The molecule has 0 spiro atoms. The van der Waals surface area contributed by atoms with Crippen molar-refractivity contribution in [1.29, 1.82) is 5.26 Å². The highest BCUT2D eigenvalue weighted by Crippen LogP contribution is 2.39. The van der Waals surface area contributed by atoms with Gasteiger partial charge in [-0.25, -0.2) is 0 Å². The Morgan fingerprint density at radius 1 is 1.38 bits per heavy atom. The Morgan fingerprint density at radius 3 is 2.48 bits per heavy atom. The molecule has 21 heavy (non-hydrogen) atoms. The Balaban J connectivity index is 2.89. The van der Waals surface area contributed by atoms with Gasteiger partial charge in [0.15, 0.2) is 5.78 Å². The number of nitrogens with zero attached hydrogens (tertiary/aromatic N) is 2. The third kappa shape index (κ3) is 2.40. The highest BCUT2D eigenvalue weighted by Gasteiger charge is 2.36. The number of carbonyl (C=O) groups excluding carboxylic acids is 1. The van der Waals surface area contributed by atoms with Crippen LogP contribution in [0.25, 0.3) is 10.9 Å². The fraction of sp³-hybridized carbons (Fsp3) is 0.333. The molecule has 3 nitrogen and oxygen atoms in total. The molecule has 110 valence electrons. The average molecular weight is 294 g/mol. The summed E-state index contributed by atoms with van der Waals surface area (Å²) in [7, 11) is 0. The minimum atomic E-state index is -4.62. The molecule has 1 unspecified atom stereocenters. The van der Waals surface area contributed by atoms with Gasteiger partial charge in [0.1, 0.15) is 0 Å². The van der Waals surface area contributed by atoms with Crippen molar-refractivity contribution in [2.75, 3.05) is 0 Å². The third-order valence-corrected chi connectivity index (χ3v) is 3.59. The number of rotatable bonds is 2. The van der Waals surface area contributed by atoms with Gasteiger partial charge in [-0.1, -0.05) is 0 Å². The van der Waals surface area contributed by atoms with Crippen molar-refractivity contribution in [3.05, 3.63) is 35.0 Å². The zero-order valence-electron chi connectivity index (χ0n) is 11.7. The van der Waals surface area contributed by atoms with Gasteiger partial charge in [0, 0.05) is 16.6 Å². The van der Waals surface area contributed by atoms with Crippen molar-refractivity contribution in [2.45, 2.75) is 33.0 Å². The highest BCUT2D eigenvalue weighted by molar-refractivity contribution is 5.90. The molecule has 0 bridgehead atoms. The Hall–Kier alpha value is -2.29. The van der Waals surface area contributed by atoms with E-state index in [4.69, 9.17) is 5.26 Å². The van der Waals surface area contributed by atoms with Crippen LogP contribution in [-0.2, 0) is 11.0 Å². The van der Waals surface area contributed by atoms with Crippen LogP contribution >= 0.6 is 0 Å². The van der Waals surface area contributed by atoms with Gasteiger partial charge in [-0.2, -0.15) is 18.4 Å². The van der Waals surface area contributed by atoms with E-state index in [2.05, 4.69) is 0 Å². The van der Waals surface area contributed by atoms with E-state index in [1.807, 2.05) is 0 Å². The molecule has 1 atom stereocenters. The number of alkyl halides is 3. The lowest BCUT2D eigenvalue weighted by Crippen LogP contribution is -2.14. The van der Waals surface area contributed by atoms with Gasteiger partial charge < -0.3 is 4.57 Å². The van der Waals surface area contributed by atoms with Crippen molar-refractivity contribution >= 4 is 16.7 Å². The van der Waals surface area contributed by atoms with E-state index in [1.165, 1.54) is 19.1 Å². The lowest BCUT2D eigenvalue weighted by atomic mass is 10.0. The second kappa shape index (κ2) is 4.92. The number of ketones is 1. The summed E-state index contributed by atoms with van der Waals surface area (Å²) in [5.41, 5.74) is -0.502. The number of carbonyl (C=O) groups is 1. The van der Waals surface area contributed by atoms with E-state index in [0.717, 1.165) is 6.07 Å². The molecule has 0 fully saturated rings. The molecule has 1 heterocycles. The Bertz CT molecular complexity index is 766.